The minimum atomic E-state index is 0.726. The molecule has 6 aromatic carbocycles. The van der Waals surface area contributed by atoms with Gasteiger partial charge >= 0.3 is 0 Å². The van der Waals surface area contributed by atoms with Crippen molar-refractivity contribution >= 4 is 54.8 Å². The summed E-state index contributed by atoms with van der Waals surface area (Å²) in [6.45, 7) is 0. The highest BCUT2D eigenvalue weighted by Crippen LogP contribution is 2.38. The first-order chi connectivity index (χ1) is 26.3. The molecule has 0 unspecified atom stereocenters. The Labute approximate surface area is 303 Å². The molecule has 0 N–H and O–H groups in total. The van der Waals surface area contributed by atoms with Crippen LogP contribution in [0, 0.1) is 0 Å². The van der Waals surface area contributed by atoms with Crippen LogP contribution in [0.15, 0.2) is 176 Å². The zero-order valence-electron chi connectivity index (χ0n) is 28.4. The number of ether oxygens (including phenoxy) is 1. The molecule has 248 valence electrons. The highest BCUT2D eigenvalue weighted by Gasteiger charge is 2.18. The number of hydrogen-bond acceptors (Lipinski definition) is 4. The Hall–Kier alpha value is -7.31. The van der Waals surface area contributed by atoms with E-state index in [2.05, 4.69) is 124 Å². The summed E-state index contributed by atoms with van der Waals surface area (Å²) in [5.74, 6) is 1.46. The molecule has 0 aliphatic heterocycles. The lowest BCUT2D eigenvalue weighted by atomic mass is 10.0. The number of aromatic nitrogens is 5. The lowest BCUT2D eigenvalue weighted by Gasteiger charge is -2.14. The van der Waals surface area contributed by atoms with Gasteiger partial charge < -0.3 is 4.74 Å². The maximum absolute atomic E-state index is 6.65. The van der Waals surface area contributed by atoms with Gasteiger partial charge in [0.1, 0.15) is 28.4 Å². The van der Waals surface area contributed by atoms with Crippen molar-refractivity contribution in [1.82, 2.24) is 23.8 Å². The van der Waals surface area contributed by atoms with E-state index < -0.39 is 0 Å². The van der Waals surface area contributed by atoms with Crippen LogP contribution in [0.1, 0.15) is 0 Å². The Morgan fingerprint density at radius 2 is 1.06 bits per heavy atom. The smallest absolute Gasteiger partial charge is 0.147 e. The third-order valence-electron chi connectivity index (χ3n) is 10.3. The molecule has 0 saturated carbocycles. The summed E-state index contributed by atoms with van der Waals surface area (Å²) in [4.78, 5) is 15.0. The molecule has 6 heteroatoms. The molecule has 0 bridgehead atoms. The van der Waals surface area contributed by atoms with Gasteiger partial charge in [0.15, 0.2) is 0 Å². The van der Waals surface area contributed by atoms with Gasteiger partial charge in [-0.05, 0) is 76.5 Å². The Bertz CT molecular complexity index is 3190. The van der Waals surface area contributed by atoms with Crippen molar-refractivity contribution in [1.29, 1.82) is 0 Å². The molecular formula is C47H29N5O. The van der Waals surface area contributed by atoms with Gasteiger partial charge in [-0.3, -0.25) is 8.80 Å². The number of pyridine rings is 3. The van der Waals surface area contributed by atoms with E-state index in [4.69, 9.17) is 19.7 Å². The van der Waals surface area contributed by atoms with Crippen LogP contribution in [-0.4, -0.2) is 23.8 Å². The van der Waals surface area contributed by atoms with Crippen molar-refractivity contribution in [3.63, 3.8) is 0 Å². The summed E-state index contributed by atoms with van der Waals surface area (Å²) in [6.07, 6.45) is 5.84. The number of hydrogen-bond donors (Lipinski definition) is 0. The number of imidazole rings is 2. The standard InChI is InChI=1S/C47H29N5O/c1-4-10-30(11-5-1)33-16-19-38-36-20-17-34(27-40(36)45-48-24-25-51(45)43(38)26-33)53-35-18-21-37-39-22-23-42(31-12-6-2-7-13-31)50-47(39)52-44(32-14-8-3-9-15-32)29-49-46(52)41(37)28-35/h1-29H. The summed E-state index contributed by atoms with van der Waals surface area (Å²) < 4.78 is 11.0. The van der Waals surface area contributed by atoms with Gasteiger partial charge in [-0.15, -0.1) is 0 Å². The molecule has 5 aromatic heterocycles. The second-order valence-corrected chi connectivity index (χ2v) is 13.3. The SMILES string of the molecule is c1ccc(-c2ccc3c4ccc(Oc5ccc6c(c5)c5ncc(-c7ccccc7)n5c5nc(-c7ccccc7)ccc65)cc4c4nccn4c3c2)cc1. The van der Waals surface area contributed by atoms with Gasteiger partial charge in [0.2, 0.25) is 0 Å². The van der Waals surface area contributed by atoms with Gasteiger partial charge in [-0.1, -0.05) is 103 Å². The van der Waals surface area contributed by atoms with Crippen LogP contribution in [0.2, 0.25) is 0 Å². The Morgan fingerprint density at radius 3 is 1.79 bits per heavy atom. The average Bonchev–Trinajstić information content (AvgIpc) is 3.91. The Kier molecular flexibility index (Phi) is 6.45. The van der Waals surface area contributed by atoms with Gasteiger partial charge in [-0.2, -0.15) is 0 Å². The summed E-state index contributed by atoms with van der Waals surface area (Å²) >= 11 is 0. The van der Waals surface area contributed by atoms with Gasteiger partial charge in [0, 0.05) is 45.1 Å². The van der Waals surface area contributed by atoms with Gasteiger partial charge in [-0.25, -0.2) is 15.0 Å². The van der Waals surface area contributed by atoms with Crippen LogP contribution < -0.4 is 4.74 Å². The molecule has 0 aliphatic carbocycles. The quantitative estimate of drug-likeness (QED) is 0.170. The van der Waals surface area contributed by atoms with E-state index >= 15 is 0 Å². The molecular weight excluding hydrogens is 651 g/mol. The highest BCUT2D eigenvalue weighted by molar-refractivity contribution is 6.13. The minimum absolute atomic E-state index is 0.726. The number of rotatable bonds is 5. The normalized spacial score (nSPS) is 11.8. The van der Waals surface area contributed by atoms with Crippen LogP contribution >= 0.6 is 0 Å². The number of nitrogens with zero attached hydrogens (tertiary/aromatic N) is 5. The van der Waals surface area contributed by atoms with Crippen molar-refractivity contribution in [2.24, 2.45) is 0 Å². The van der Waals surface area contributed by atoms with E-state index in [1.807, 2.05) is 61.1 Å². The lowest BCUT2D eigenvalue weighted by Crippen LogP contribution is -1.98. The first-order valence-electron chi connectivity index (χ1n) is 17.7. The largest absolute Gasteiger partial charge is 0.457 e. The summed E-state index contributed by atoms with van der Waals surface area (Å²) in [7, 11) is 0. The fourth-order valence-electron chi connectivity index (χ4n) is 7.78. The Morgan fingerprint density at radius 1 is 0.434 bits per heavy atom. The van der Waals surface area contributed by atoms with Crippen molar-refractivity contribution in [2.45, 2.75) is 0 Å². The molecule has 0 radical (unpaired) electrons. The van der Waals surface area contributed by atoms with Crippen LogP contribution in [0.5, 0.6) is 11.5 Å². The lowest BCUT2D eigenvalue weighted by molar-refractivity contribution is 0.484. The van der Waals surface area contributed by atoms with E-state index in [9.17, 15) is 0 Å². The van der Waals surface area contributed by atoms with Crippen molar-refractivity contribution in [3.05, 3.63) is 176 Å². The maximum Gasteiger partial charge on any atom is 0.147 e. The zero-order valence-corrected chi connectivity index (χ0v) is 28.4. The molecule has 0 saturated heterocycles. The van der Waals surface area contributed by atoms with Gasteiger partial charge in [0.05, 0.1) is 23.1 Å². The average molecular weight is 680 g/mol. The highest BCUT2D eigenvalue weighted by atomic mass is 16.5. The second-order valence-electron chi connectivity index (χ2n) is 13.3. The summed E-state index contributed by atoms with van der Waals surface area (Å²) in [5.41, 5.74) is 10.1. The fourth-order valence-corrected chi connectivity index (χ4v) is 7.78. The minimum Gasteiger partial charge on any atom is -0.457 e. The summed E-state index contributed by atoms with van der Waals surface area (Å²) in [6, 6.07) is 54.6. The van der Waals surface area contributed by atoms with Crippen LogP contribution in [0.4, 0.5) is 0 Å². The van der Waals surface area contributed by atoms with Crippen LogP contribution in [0.25, 0.3) is 88.4 Å². The molecule has 0 fully saturated rings. The van der Waals surface area contributed by atoms with Crippen molar-refractivity contribution in [3.8, 4) is 45.1 Å². The first kappa shape index (κ1) is 29.4. The zero-order chi connectivity index (χ0) is 34.9. The molecule has 11 aromatic rings. The topological polar surface area (TPSA) is 56.7 Å². The predicted molar refractivity (Wildman–Crippen MR) is 215 cm³/mol. The number of fused-ring (bicyclic) bond motifs is 12. The molecule has 5 heterocycles. The molecule has 11 rings (SSSR count). The summed E-state index contributed by atoms with van der Waals surface area (Å²) in [5, 5.41) is 6.42. The van der Waals surface area contributed by atoms with E-state index in [-0.39, 0.29) is 0 Å². The van der Waals surface area contributed by atoms with E-state index in [1.54, 1.807) is 0 Å². The molecule has 0 amide bonds. The van der Waals surface area contributed by atoms with E-state index in [1.165, 1.54) is 11.1 Å². The van der Waals surface area contributed by atoms with Crippen molar-refractivity contribution < 1.29 is 4.74 Å². The maximum atomic E-state index is 6.65. The van der Waals surface area contributed by atoms with E-state index in [0.717, 1.165) is 88.8 Å². The molecule has 0 spiro atoms. The molecule has 6 nitrogen and oxygen atoms in total. The van der Waals surface area contributed by atoms with Crippen molar-refractivity contribution in [2.75, 3.05) is 0 Å². The fraction of sp³-hybridized carbons (Fsp3) is 0. The third-order valence-corrected chi connectivity index (χ3v) is 10.3. The predicted octanol–water partition coefficient (Wildman–Crippen LogP) is 11.8. The monoisotopic (exact) mass is 679 g/mol. The number of benzene rings is 6. The first-order valence-corrected chi connectivity index (χ1v) is 17.7. The third kappa shape index (κ3) is 4.70. The second kappa shape index (κ2) is 11.6. The molecule has 0 atom stereocenters. The van der Waals surface area contributed by atoms with E-state index in [0.29, 0.717) is 0 Å². The van der Waals surface area contributed by atoms with Crippen LogP contribution in [-0.2, 0) is 0 Å². The Balaban J connectivity index is 1.05. The molecule has 53 heavy (non-hydrogen) atoms. The molecule has 0 aliphatic rings. The van der Waals surface area contributed by atoms with Gasteiger partial charge in [0.25, 0.3) is 0 Å². The van der Waals surface area contributed by atoms with Crippen LogP contribution in [0.3, 0.4) is 0 Å².